The molecule has 3 heterocycles. The van der Waals surface area contributed by atoms with Crippen LogP contribution in [0.15, 0.2) is 0 Å². The van der Waals surface area contributed by atoms with Crippen LogP contribution in [-0.4, -0.2) is 73.5 Å². The molecule has 180 valence electrons. The first-order valence-electron chi connectivity index (χ1n) is 12.4. The van der Waals surface area contributed by atoms with Crippen LogP contribution < -0.4 is 0 Å². The first-order valence-corrected chi connectivity index (χ1v) is 15.3. The molecule has 3 aliphatic heterocycles. The Morgan fingerprint density at radius 3 is 2.00 bits per heavy atom. The van der Waals surface area contributed by atoms with Crippen LogP contribution in [0.4, 0.5) is 0 Å². The second-order valence-corrected chi connectivity index (χ2v) is 16.6. The zero-order valence-corrected chi connectivity index (χ0v) is 21.3. The van der Waals surface area contributed by atoms with Gasteiger partial charge in [-0.1, -0.05) is 20.8 Å². The van der Waals surface area contributed by atoms with E-state index in [4.69, 9.17) is 18.6 Å². The molecule has 0 radical (unpaired) electrons. The summed E-state index contributed by atoms with van der Waals surface area (Å²) in [7, 11) is -2.18. The van der Waals surface area contributed by atoms with Crippen molar-refractivity contribution < 1.29 is 28.8 Å². The smallest absolute Gasteiger partial charge is 0.192 e. The number of hydrogen-bond acceptors (Lipinski definition) is 6. The minimum absolute atomic E-state index is 0.0251. The van der Waals surface area contributed by atoms with E-state index in [1.54, 1.807) is 0 Å². The van der Waals surface area contributed by atoms with Gasteiger partial charge in [0.1, 0.15) is 22.4 Å². The van der Waals surface area contributed by atoms with Gasteiger partial charge in [-0.2, -0.15) is 0 Å². The fourth-order valence-electron chi connectivity index (χ4n) is 6.79. The molecule has 0 aromatic rings. The number of ether oxygens (including phenoxy) is 3. The highest BCUT2D eigenvalue weighted by atomic mass is 28.4. The van der Waals surface area contributed by atoms with Gasteiger partial charge in [0.15, 0.2) is 8.32 Å². The lowest BCUT2D eigenvalue weighted by molar-refractivity contribution is -0.355. The van der Waals surface area contributed by atoms with E-state index in [2.05, 4.69) is 33.9 Å². The van der Waals surface area contributed by atoms with Gasteiger partial charge in [-0.15, -0.1) is 0 Å². The fourth-order valence-corrected chi connectivity index (χ4v) is 8.13. The maximum atomic E-state index is 12.6. The molecule has 31 heavy (non-hydrogen) atoms. The number of fused-ring (bicyclic) bond motifs is 2. The summed E-state index contributed by atoms with van der Waals surface area (Å²) in [6.07, 6.45) is 6.58. The molecule has 6 nitrogen and oxygen atoms in total. The molecule has 1 saturated carbocycles. The van der Waals surface area contributed by atoms with Crippen LogP contribution in [0.1, 0.15) is 78.6 Å². The van der Waals surface area contributed by atoms with E-state index in [1.165, 1.54) is 0 Å². The molecular formula is C24H44O6Si. The molecule has 2 N–H and O–H groups in total. The molecular weight excluding hydrogens is 412 g/mol. The molecule has 4 aliphatic rings. The Hall–Kier alpha value is -0.0231. The molecule has 3 saturated heterocycles. The molecule has 5 atom stereocenters. The first-order chi connectivity index (χ1) is 14.5. The summed E-state index contributed by atoms with van der Waals surface area (Å²) in [6.45, 7) is 13.3. The van der Waals surface area contributed by atoms with E-state index in [0.717, 1.165) is 45.1 Å². The lowest BCUT2D eigenvalue weighted by Crippen LogP contribution is -2.83. The average molecular weight is 457 g/mol. The third-order valence-corrected chi connectivity index (χ3v) is 13.7. The van der Waals surface area contributed by atoms with Crippen LogP contribution >= 0.6 is 0 Å². The Balaban J connectivity index is 1.85. The zero-order chi connectivity index (χ0) is 22.6. The summed E-state index contributed by atoms with van der Waals surface area (Å²) >= 11 is 0. The zero-order valence-electron chi connectivity index (χ0n) is 20.3. The topological polar surface area (TPSA) is 77.4 Å². The van der Waals surface area contributed by atoms with Gasteiger partial charge in [-0.3, -0.25) is 0 Å². The van der Waals surface area contributed by atoms with E-state index < -0.39 is 36.8 Å². The molecule has 1 unspecified atom stereocenters. The Bertz CT molecular complexity index is 641. The van der Waals surface area contributed by atoms with Crippen molar-refractivity contribution in [1.29, 1.82) is 0 Å². The van der Waals surface area contributed by atoms with Crippen molar-refractivity contribution in [2.75, 3.05) is 26.4 Å². The van der Waals surface area contributed by atoms with Crippen LogP contribution in [0, 0.1) is 0 Å². The fraction of sp³-hybridized carbons (Fsp3) is 1.00. The average Bonchev–Trinajstić information content (AvgIpc) is 3.44. The van der Waals surface area contributed by atoms with E-state index in [0.29, 0.717) is 32.5 Å². The van der Waals surface area contributed by atoms with E-state index >= 15 is 0 Å². The van der Waals surface area contributed by atoms with Gasteiger partial charge >= 0.3 is 0 Å². The van der Waals surface area contributed by atoms with E-state index in [9.17, 15) is 10.2 Å². The molecule has 1 aliphatic carbocycles. The van der Waals surface area contributed by atoms with Crippen LogP contribution in [0.3, 0.4) is 0 Å². The minimum Gasteiger partial charge on any atom is -0.411 e. The predicted molar refractivity (Wildman–Crippen MR) is 122 cm³/mol. The van der Waals surface area contributed by atoms with Crippen molar-refractivity contribution in [3.8, 4) is 0 Å². The molecule has 0 aromatic heterocycles. The predicted octanol–water partition coefficient (Wildman–Crippen LogP) is 3.93. The van der Waals surface area contributed by atoms with Crippen molar-refractivity contribution in [3.05, 3.63) is 0 Å². The quantitative estimate of drug-likeness (QED) is 0.611. The van der Waals surface area contributed by atoms with Crippen molar-refractivity contribution >= 4 is 8.32 Å². The van der Waals surface area contributed by atoms with Gasteiger partial charge in [0, 0.05) is 32.8 Å². The van der Waals surface area contributed by atoms with Gasteiger partial charge in [0.2, 0.25) is 0 Å². The highest BCUT2D eigenvalue weighted by Crippen LogP contribution is 2.65. The third kappa shape index (κ3) is 3.33. The van der Waals surface area contributed by atoms with Crippen LogP contribution in [0.25, 0.3) is 0 Å². The van der Waals surface area contributed by atoms with Crippen molar-refractivity contribution in [3.63, 3.8) is 0 Å². The summed E-state index contributed by atoms with van der Waals surface area (Å²) in [5, 5.41) is 22.4. The number of rotatable bonds is 5. The Kier molecular flexibility index (Phi) is 6.25. The highest BCUT2D eigenvalue weighted by Gasteiger charge is 2.80. The minimum atomic E-state index is -2.18. The second kappa shape index (κ2) is 8.03. The van der Waals surface area contributed by atoms with Gasteiger partial charge < -0.3 is 28.8 Å². The van der Waals surface area contributed by atoms with E-state index in [-0.39, 0.29) is 11.6 Å². The first kappa shape index (κ1) is 24.1. The number of aliphatic hydroxyl groups excluding tert-OH is 1. The Morgan fingerprint density at radius 1 is 0.935 bits per heavy atom. The van der Waals surface area contributed by atoms with Gasteiger partial charge in [-0.05, 0) is 69.5 Å². The standard InChI is InChI=1S/C24H44O6Si/c1-20(2,3)31(4,5)30-19-18-21(10-7-15-27-21)23(12-8-16-28-23)24(13-9-17-29-24)22(19,26)11-6-14-25/h19,25-26H,6-18H2,1-5H3/t19?,21-,22-,23+,24+/m1/s1. The SMILES string of the molecule is CC(C)(C)[Si](C)(C)OC1C[C@]2(CCCO2)[C@@]2(CCCO2)[C@]2(CCCO2)[C@@]1(O)CCCO. The Morgan fingerprint density at radius 2 is 1.52 bits per heavy atom. The number of aliphatic hydroxyl groups is 2. The molecule has 0 bridgehead atoms. The number of hydrogen-bond donors (Lipinski definition) is 2. The van der Waals surface area contributed by atoms with E-state index in [1.807, 2.05) is 0 Å². The summed E-state index contributed by atoms with van der Waals surface area (Å²) in [5.74, 6) is 0. The summed E-state index contributed by atoms with van der Waals surface area (Å²) in [5.41, 5.74) is -3.21. The second-order valence-electron chi connectivity index (χ2n) is 11.8. The maximum absolute atomic E-state index is 12.6. The lowest BCUT2D eigenvalue weighted by atomic mass is 9.51. The van der Waals surface area contributed by atoms with Crippen LogP contribution in [0.5, 0.6) is 0 Å². The van der Waals surface area contributed by atoms with Crippen LogP contribution in [-0.2, 0) is 18.6 Å². The monoisotopic (exact) mass is 456 g/mol. The lowest BCUT2D eigenvalue weighted by Gasteiger charge is -2.66. The summed E-state index contributed by atoms with van der Waals surface area (Å²) < 4.78 is 26.9. The van der Waals surface area contributed by atoms with Crippen molar-refractivity contribution in [1.82, 2.24) is 0 Å². The maximum Gasteiger partial charge on any atom is 0.192 e. The molecule has 0 amide bonds. The van der Waals surface area contributed by atoms with Gasteiger partial charge in [0.05, 0.1) is 6.10 Å². The largest absolute Gasteiger partial charge is 0.411 e. The van der Waals surface area contributed by atoms with Crippen molar-refractivity contribution in [2.24, 2.45) is 0 Å². The third-order valence-electron chi connectivity index (χ3n) is 9.24. The van der Waals surface area contributed by atoms with Gasteiger partial charge in [0.25, 0.3) is 0 Å². The summed E-state index contributed by atoms with van der Waals surface area (Å²) in [4.78, 5) is 0. The molecule has 4 fully saturated rings. The van der Waals surface area contributed by atoms with Crippen LogP contribution in [0.2, 0.25) is 18.1 Å². The normalized spacial score (nSPS) is 43.6. The molecule has 3 spiro atoms. The van der Waals surface area contributed by atoms with Gasteiger partial charge in [-0.25, -0.2) is 0 Å². The Labute approximate surface area is 189 Å². The molecule has 0 aromatic carbocycles. The molecule has 7 heteroatoms. The summed E-state index contributed by atoms with van der Waals surface area (Å²) in [6, 6.07) is 0. The highest BCUT2D eigenvalue weighted by molar-refractivity contribution is 6.74. The molecule has 4 rings (SSSR count). The van der Waals surface area contributed by atoms with Crippen molar-refractivity contribution in [2.45, 2.75) is 125 Å².